The number of ether oxygens (including phenoxy) is 4. The van der Waals surface area contributed by atoms with E-state index < -0.39 is 0 Å². The van der Waals surface area contributed by atoms with Gasteiger partial charge in [-0.3, -0.25) is 15.0 Å². The van der Waals surface area contributed by atoms with Gasteiger partial charge >= 0.3 is 0 Å². The Kier molecular flexibility index (Phi) is 17.4. The average molecular weight is 648 g/mol. The van der Waals surface area contributed by atoms with Crippen molar-refractivity contribution in [2.75, 3.05) is 26.4 Å². The molecular formula is C35H54ClN3O6. The van der Waals surface area contributed by atoms with Crippen LogP contribution in [0.5, 0.6) is 17.2 Å². The third-order valence-electron chi connectivity index (χ3n) is 7.01. The summed E-state index contributed by atoms with van der Waals surface area (Å²) in [4.78, 5) is 30.2. The summed E-state index contributed by atoms with van der Waals surface area (Å²) >= 11 is 0. The molecule has 0 aliphatic carbocycles. The SMILES string of the molecule is CCOC(=N)c1ccc(OCCCCCOc2ccc(C(=O)N(C(C)C)C(C)C)c(OCC(=O)N(C(C)C)C(C)C)c2)cc1.Cl. The quantitative estimate of drug-likeness (QED) is 0.103. The molecule has 0 bridgehead atoms. The van der Waals surface area contributed by atoms with Crippen molar-refractivity contribution in [1.29, 1.82) is 5.41 Å². The number of hydrogen-bond donors (Lipinski definition) is 1. The maximum Gasteiger partial charge on any atom is 0.260 e. The largest absolute Gasteiger partial charge is 0.494 e. The smallest absolute Gasteiger partial charge is 0.260 e. The standard InChI is InChI=1S/C35H53N3O6.ClH/c1-10-41-34(36)28-14-16-29(17-15-28)42-20-12-11-13-21-43-30-18-19-31(35(40)38(26(6)7)27(8)9)32(22-30)44-23-33(39)37(24(2)3)25(4)5;/h14-19,22,24-27,36H,10-13,20-21,23H2,1-9H3;1H. The van der Waals surface area contributed by atoms with Crippen LogP contribution < -0.4 is 14.2 Å². The predicted octanol–water partition coefficient (Wildman–Crippen LogP) is 7.38. The summed E-state index contributed by atoms with van der Waals surface area (Å²) in [6.07, 6.45) is 2.61. The summed E-state index contributed by atoms with van der Waals surface area (Å²) in [6.45, 7) is 19.1. The summed E-state index contributed by atoms with van der Waals surface area (Å²) in [5.74, 6) is 1.57. The molecule has 0 unspecified atom stereocenters. The second-order valence-corrected chi connectivity index (χ2v) is 11.9. The molecule has 2 amide bonds. The van der Waals surface area contributed by atoms with E-state index in [9.17, 15) is 9.59 Å². The zero-order valence-corrected chi connectivity index (χ0v) is 29.4. The molecule has 252 valence electrons. The highest BCUT2D eigenvalue weighted by molar-refractivity contribution is 5.97. The number of halogens is 1. The van der Waals surface area contributed by atoms with Crippen LogP contribution in [0.2, 0.25) is 0 Å². The van der Waals surface area contributed by atoms with Gasteiger partial charge in [-0.1, -0.05) is 0 Å². The van der Waals surface area contributed by atoms with Crippen LogP contribution in [-0.2, 0) is 9.53 Å². The van der Waals surface area contributed by atoms with Crippen LogP contribution in [0.4, 0.5) is 0 Å². The maximum absolute atomic E-state index is 13.6. The number of nitrogens with one attached hydrogen (secondary N) is 1. The van der Waals surface area contributed by atoms with Crippen LogP contribution in [0.1, 0.15) is 97.5 Å². The molecule has 0 fully saturated rings. The Labute approximate surface area is 276 Å². The Hall–Kier alpha value is -3.46. The Bertz CT molecular complexity index is 1180. The average Bonchev–Trinajstić information content (AvgIpc) is 2.95. The van der Waals surface area contributed by atoms with Crippen molar-refractivity contribution in [1.82, 2.24) is 9.80 Å². The molecule has 0 spiro atoms. The minimum absolute atomic E-state index is 0. The van der Waals surface area contributed by atoms with Crippen molar-refractivity contribution < 1.29 is 28.5 Å². The first-order chi connectivity index (χ1) is 20.9. The Morgan fingerprint density at radius 1 is 0.711 bits per heavy atom. The van der Waals surface area contributed by atoms with Crippen LogP contribution in [0.25, 0.3) is 0 Å². The number of rotatable bonds is 18. The first-order valence-electron chi connectivity index (χ1n) is 15.8. The van der Waals surface area contributed by atoms with Crippen LogP contribution in [0, 0.1) is 5.41 Å². The summed E-state index contributed by atoms with van der Waals surface area (Å²) in [5, 5.41) is 7.85. The molecule has 0 heterocycles. The molecule has 0 atom stereocenters. The van der Waals surface area contributed by atoms with Crippen molar-refractivity contribution in [3.8, 4) is 17.2 Å². The summed E-state index contributed by atoms with van der Waals surface area (Å²) in [6, 6.07) is 12.6. The fourth-order valence-corrected chi connectivity index (χ4v) is 5.17. The second kappa shape index (κ2) is 19.8. The molecular weight excluding hydrogens is 594 g/mol. The monoisotopic (exact) mass is 647 g/mol. The first kappa shape index (κ1) is 39.6. The van der Waals surface area contributed by atoms with Crippen LogP contribution >= 0.6 is 12.4 Å². The zero-order valence-electron chi connectivity index (χ0n) is 28.6. The van der Waals surface area contributed by atoms with E-state index in [1.54, 1.807) is 23.1 Å². The van der Waals surface area contributed by atoms with Gasteiger partial charge < -0.3 is 28.7 Å². The number of nitrogens with zero attached hydrogens (tertiary/aromatic N) is 2. The molecule has 10 heteroatoms. The lowest BCUT2D eigenvalue weighted by molar-refractivity contribution is -0.137. The summed E-state index contributed by atoms with van der Waals surface area (Å²) < 4.78 is 23.1. The van der Waals surface area contributed by atoms with Gasteiger partial charge in [-0.15, -0.1) is 12.4 Å². The highest BCUT2D eigenvalue weighted by atomic mass is 35.5. The van der Waals surface area contributed by atoms with E-state index in [1.807, 2.05) is 91.5 Å². The Morgan fingerprint density at radius 2 is 1.22 bits per heavy atom. The van der Waals surface area contributed by atoms with E-state index in [1.165, 1.54) is 0 Å². The number of hydrogen-bond acceptors (Lipinski definition) is 7. The number of benzene rings is 2. The Morgan fingerprint density at radius 3 is 1.73 bits per heavy atom. The number of unbranched alkanes of at least 4 members (excludes halogenated alkanes) is 2. The molecule has 0 aliphatic rings. The van der Waals surface area contributed by atoms with E-state index >= 15 is 0 Å². The van der Waals surface area contributed by atoms with Gasteiger partial charge in [0.2, 0.25) is 5.90 Å². The molecule has 0 saturated carbocycles. The van der Waals surface area contributed by atoms with Crippen LogP contribution in [0.15, 0.2) is 42.5 Å². The van der Waals surface area contributed by atoms with Gasteiger partial charge in [0.05, 0.1) is 25.4 Å². The second-order valence-electron chi connectivity index (χ2n) is 11.9. The molecule has 0 aromatic heterocycles. The van der Waals surface area contributed by atoms with Gasteiger partial charge in [-0.25, -0.2) is 0 Å². The van der Waals surface area contributed by atoms with E-state index in [-0.39, 0.29) is 60.9 Å². The predicted molar refractivity (Wildman–Crippen MR) is 182 cm³/mol. The Balaban J connectivity index is 0.0000101. The lowest BCUT2D eigenvalue weighted by atomic mass is 10.1. The molecule has 9 nitrogen and oxygen atoms in total. The van der Waals surface area contributed by atoms with Gasteiger partial charge in [0.1, 0.15) is 17.2 Å². The molecule has 1 N–H and O–H groups in total. The molecule has 2 aromatic carbocycles. The van der Waals surface area contributed by atoms with Gasteiger partial charge in [-0.05, 0) is 118 Å². The molecule has 0 aliphatic heterocycles. The molecule has 0 radical (unpaired) electrons. The van der Waals surface area contributed by atoms with Crippen molar-refractivity contribution in [3.05, 3.63) is 53.6 Å². The minimum Gasteiger partial charge on any atom is -0.494 e. The van der Waals surface area contributed by atoms with Gasteiger partial charge in [0.25, 0.3) is 11.8 Å². The lowest BCUT2D eigenvalue weighted by Crippen LogP contribution is -2.44. The maximum atomic E-state index is 13.6. The topological polar surface area (TPSA) is 101 Å². The summed E-state index contributed by atoms with van der Waals surface area (Å²) in [7, 11) is 0. The molecule has 2 aromatic rings. The normalized spacial score (nSPS) is 11.0. The third kappa shape index (κ3) is 12.5. The fraction of sp³-hybridized carbons (Fsp3) is 0.571. The summed E-state index contributed by atoms with van der Waals surface area (Å²) in [5.41, 5.74) is 1.13. The van der Waals surface area contributed by atoms with Crippen LogP contribution in [0.3, 0.4) is 0 Å². The van der Waals surface area contributed by atoms with E-state index in [0.717, 1.165) is 30.6 Å². The molecule has 45 heavy (non-hydrogen) atoms. The first-order valence-corrected chi connectivity index (χ1v) is 15.8. The highest BCUT2D eigenvalue weighted by Gasteiger charge is 2.26. The number of amides is 2. The van der Waals surface area contributed by atoms with E-state index in [2.05, 4.69) is 0 Å². The molecule has 0 saturated heterocycles. The highest BCUT2D eigenvalue weighted by Crippen LogP contribution is 2.28. The molecule has 2 rings (SSSR count). The van der Waals surface area contributed by atoms with E-state index in [0.29, 0.717) is 36.9 Å². The van der Waals surface area contributed by atoms with Crippen molar-refractivity contribution >= 4 is 30.1 Å². The van der Waals surface area contributed by atoms with Crippen molar-refractivity contribution in [2.45, 2.75) is 106 Å². The lowest BCUT2D eigenvalue weighted by Gasteiger charge is -2.32. The van der Waals surface area contributed by atoms with Crippen molar-refractivity contribution in [2.24, 2.45) is 0 Å². The van der Waals surface area contributed by atoms with Crippen molar-refractivity contribution in [3.63, 3.8) is 0 Å². The number of carbonyl (C=O) groups is 2. The number of carbonyl (C=O) groups excluding carboxylic acids is 2. The van der Waals surface area contributed by atoms with Crippen LogP contribution in [-0.4, -0.2) is 78.1 Å². The van der Waals surface area contributed by atoms with E-state index in [4.69, 9.17) is 24.4 Å². The zero-order chi connectivity index (χ0) is 32.8. The fourth-order valence-electron chi connectivity index (χ4n) is 5.17. The van der Waals surface area contributed by atoms with Gasteiger partial charge in [-0.2, -0.15) is 0 Å². The van der Waals surface area contributed by atoms with Gasteiger partial charge in [0, 0.05) is 35.8 Å². The van der Waals surface area contributed by atoms with Gasteiger partial charge in [0.15, 0.2) is 6.61 Å². The minimum atomic E-state index is -0.165. The third-order valence-corrected chi connectivity index (χ3v) is 7.01.